The third-order valence-corrected chi connectivity index (χ3v) is 6.92. The smallest absolute Gasteiger partial charge is 0.306 e. The third-order valence-electron chi connectivity index (χ3n) is 6.92. The Labute approximate surface area is 187 Å². The fourth-order valence-electron chi connectivity index (χ4n) is 5.01. The molecule has 0 radical (unpaired) electrons. The van der Waals surface area contributed by atoms with E-state index in [0.717, 1.165) is 48.4 Å². The second-order valence-corrected chi connectivity index (χ2v) is 8.95. The number of hydrogen-bond acceptors (Lipinski definition) is 4. The van der Waals surface area contributed by atoms with Crippen LogP contribution in [0.1, 0.15) is 47.2 Å². The van der Waals surface area contributed by atoms with Crippen molar-refractivity contribution in [2.24, 2.45) is 5.92 Å². The molecule has 0 aliphatic carbocycles. The van der Waals surface area contributed by atoms with Gasteiger partial charge in [0.15, 0.2) is 0 Å². The van der Waals surface area contributed by atoms with Gasteiger partial charge in [-0.25, -0.2) is 0 Å². The normalized spacial score (nSPS) is 20.2. The minimum atomic E-state index is -0.766. The number of nitrogens with zero attached hydrogens (tertiary/aromatic N) is 1. The van der Waals surface area contributed by atoms with Gasteiger partial charge in [0.2, 0.25) is 0 Å². The summed E-state index contributed by atoms with van der Waals surface area (Å²) in [6.45, 7) is 2.84. The third kappa shape index (κ3) is 3.91. The maximum atomic E-state index is 12.9. The van der Waals surface area contributed by atoms with Crippen molar-refractivity contribution in [3.05, 3.63) is 71.3 Å². The van der Waals surface area contributed by atoms with Crippen LogP contribution in [-0.2, 0) is 4.79 Å². The lowest BCUT2D eigenvalue weighted by molar-refractivity contribution is -0.143. The van der Waals surface area contributed by atoms with Crippen molar-refractivity contribution in [2.45, 2.75) is 31.3 Å². The average Bonchev–Trinajstić information content (AvgIpc) is 2.84. The second-order valence-electron chi connectivity index (χ2n) is 8.95. The molecule has 2 aromatic rings. The largest absolute Gasteiger partial charge is 0.482 e. The molecule has 0 aromatic heterocycles. The van der Waals surface area contributed by atoms with E-state index in [9.17, 15) is 14.7 Å². The number of amides is 1. The lowest BCUT2D eigenvalue weighted by Gasteiger charge is -2.40. The molecule has 0 unspecified atom stereocenters. The predicted molar refractivity (Wildman–Crippen MR) is 122 cm³/mol. The molecule has 1 amide bonds. The van der Waals surface area contributed by atoms with Crippen LogP contribution >= 0.6 is 0 Å². The molecule has 2 aromatic carbocycles. The minimum absolute atomic E-state index is 0.0310. The summed E-state index contributed by atoms with van der Waals surface area (Å²) >= 11 is 0. The molecular weight excluding hydrogens is 404 g/mol. The lowest BCUT2D eigenvalue weighted by Crippen LogP contribution is -2.46. The predicted octanol–water partition coefficient (Wildman–Crippen LogP) is 3.57. The van der Waals surface area contributed by atoms with Crippen LogP contribution in [0.4, 0.5) is 0 Å². The first kappa shape index (κ1) is 20.8. The molecule has 2 saturated heterocycles. The molecule has 166 valence electrons. The number of aliphatic carboxylic acids is 1. The monoisotopic (exact) mass is 432 g/mol. The van der Waals surface area contributed by atoms with Crippen molar-refractivity contribution in [3.8, 4) is 5.75 Å². The number of carboxylic acids is 1. The zero-order valence-corrected chi connectivity index (χ0v) is 18.0. The Morgan fingerprint density at radius 2 is 1.69 bits per heavy atom. The summed E-state index contributed by atoms with van der Waals surface area (Å²) in [5.41, 5.74) is 3.64. The Morgan fingerprint density at radius 3 is 2.38 bits per heavy atom. The van der Waals surface area contributed by atoms with Crippen molar-refractivity contribution < 1.29 is 19.4 Å². The van der Waals surface area contributed by atoms with Gasteiger partial charge < -0.3 is 20.1 Å². The van der Waals surface area contributed by atoms with Crippen molar-refractivity contribution in [1.82, 2.24) is 10.2 Å². The van der Waals surface area contributed by atoms with Crippen LogP contribution in [0.3, 0.4) is 0 Å². The Kier molecular flexibility index (Phi) is 5.47. The number of hydrogen-bond donors (Lipinski definition) is 2. The van der Waals surface area contributed by atoms with E-state index in [-0.39, 0.29) is 17.4 Å². The number of carboxylic acid groups (broad SMARTS) is 1. The summed E-state index contributed by atoms with van der Waals surface area (Å²) in [5.74, 6) is -0.229. The van der Waals surface area contributed by atoms with E-state index in [1.54, 1.807) is 4.90 Å². The highest BCUT2D eigenvalue weighted by Gasteiger charge is 2.37. The number of ether oxygens (including phenoxy) is 1. The standard InChI is InChI=1S/C26H28N2O4/c29-24(28-15-9-20(10-16-28)25(30)31)19-7-5-18(6-8-19)22-17-26(11-13-27-14-12-26)32-23-4-2-1-3-21(22)23/h1-8,17,20,27H,9-16H2,(H,30,31). The number of piperidine rings is 2. The van der Waals surface area contributed by atoms with Crippen molar-refractivity contribution in [2.75, 3.05) is 26.2 Å². The maximum absolute atomic E-state index is 12.9. The molecule has 6 nitrogen and oxygen atoms in total. The average molecular weight is 433 g/mol. The van der Waals surface area contributed by atoms with Gasteiger partial charge in [-0.2, -0.15) is 0 Å². The first-order chi connectivity index (χ1) is 15.5. The summed E-state index contributed by atoms with van der Waals surface area (Å²) in [5, 5.41) is 12.6. The zero-order chi connectivity index (χ0) is 22.1. The molecule has 0 saturated carbocycles. The summed E-state index contributed by atoms with van der Waals surface area (Å²) in [4.78, 5) is 25.9. The van der Waals surface area contributed by atoms with Crippen LogP contribution in [0.2, 0.25) is 0 Å². The number of likely N-dealkylation sites (tertiary alicyclic amines) is 1. The van der Waals surface area contributed by atoms with E-state index in [0.29, 0.717) is 31.5 Å². The Morgan fingerprint density at radius 1 is 1.00 bits per heavy atom. The fraction of sp³-hybridized carbons (Fsp3) is 0.385. The molecule has 2 N–H and O–H groups in total. The van der Waals surface area contributed by atoms with Gasteiger partial charge >= 0.3 is 5.97 Å². The summed E-state index contributed by atoms with van der Waals surface area (Å²) in [7, 11) is 0. The van der Waals surface area contributed by atoms with Crippen LogP contribution in [0.5, 0.6) is 5.75 Å². The van der Waals surface area contributed by atoms with Gasteiger partial charge in [0.1, 0.15) is 11.4 Å². The van der Waals surface area contributed by atoms with Crippen LogP contribution in [0.15, 0.2) is 54.6 Å². The number of para-hydroxylation sites is 1. The lowest BCUT2D eigenvalue weighted by atomic mass is 9.83. The molecular formula is C26H28N2O4. The molecule has 1 spiro atoms. The highest BCUT2D eigenvalue weighted by Crippen LogP contribution is 2.42. The quantitative estimate of drug-likeness (QED) is 0.775. The van der Waals surface area contributed by atoms with E-state index >= 15 is 0 Å². The summed E-state index contributed by atoms with van der Waals surface area (Å²) in [6.07, 6.45) is 5.14. The van der Waals surface area contributed by atoms with Crippen LogP contribution in [0, 0.1) is 5.92 Å². The van der Waals surface area contributed by atoms with Gasteiger partial charge in [-0.1, -0.05) is 30.3 Å². The molecule has 32 heavy (non-hydrogen) atoms. The maximum Gasteiger partial charge on any atom is 0.306 e. The van der Waals surface area contributed by atoms with Gasteiger partial charge in [0.05, 0.1) is 5.92 Å². The minimum Gasteiger partial charge on any atom is -0.482 e. The number of carbonyl (C=O) groups excluding carboxylic acids is 1. The first-order valence-corrected chi connectivity index (χ1v) is 11.4. The molecule has 5 rings (SSSR count). The molecule has 6 heteroatoms. The topological polar surface area (TPSA) is 78.9 Å². The van der Waals surface area contributed by atoms with Gasteiger partial charge in [-0.05, 0) is 61.3 Å². The highest BCUT2D eigenvalue weighted by molar-refractivity contribution is 5.95. The van der Waals surface area contributed by atoms with E-state index in [4.69, 9.17) is 4.74 Å². The van der Waals surface area contributed by atoms with E-state index < -0.39 is 5.97 Å². The Hall–Kier alpha value is -3.12. The number of fused-ring (bicyclic) bond motifs is 1. The molecule has 2 fully saturated rings. The van der Waals surface area contributed by atoms with Crippen LogP contribution in [0.25, 0.3) is 5.57 Å². The Bertz CT molecular complexity index is 1050. The second kappa shape index (κ2) is 8.43. The van der Waals surface area contributed by atoms with Gasteiger partial charge in [0.25, 0.3) is 5.91 Å². The number of benzene rings is 2. The van der Waals surface area contributed by atoms with Gasteiger partial charge in [0, 0.05) is 37.1 Å². The van der Waals surface area contributed by atoms with Crippen molar-refractivity contribution in [3.63, 3.8) is 0 Å². The van der Waals surface area contributed by atoms with E-state index in [2.05, 4.69) is 17.5 Å². The van der Waals surface area contributed by atoms with Crippen LogP contribution < -0.4 is 10.1 Å². The molecule has 0 atom stereocenters. The van der Waals surface area contributed by atoms with E-state index in [1.165, 1.54) is 0 Å². The zero-order valence-electron chi connectivity index (χ0n) is 18.0. The fourth-order valence-corrected chi connectivity index (χ4v) is 5.01. The van der Waals surface area contributed by atoms with E-state index in [1.807, 2.05) is 42.5 Å². The summed E-state index contributed by atoms with van der Waals surface area (Å²) < 4.78 is 6.46. The molecule has 3 aliphatic rings. The molecule has 0 bridgehead atoms. The van der Waals surface area contributed by atoms with Crippen molar-refractivity contribution in [1.29, 1.82) is 0 Å². The number of carbonyl (C=O) groups is 2. The van der Waals surface area contributed by atoms with Gasteiger partial charge in [-0.15, -0.1) is 0 Å². The first-order valence-electron chi connectivity index (χ1n) is 11.4. The number of nitrogens with one attached hydrogen (secondary N) is 1. The summed E-state index contributed by atoms with van der Waals surface area (Å²) in [6, 6.07) is 15.9. The van der Waals surface area contributed by atoms with Crippen LogP contribution in [-0.4, -0.2) is 53.7 Å². The SMILES string of the molecule is O=C(O)C1CCN(C(=O)c2ccc(C3=CC4(CCNCC4)Oc4ccccc43)cc2)CC1. The Balaban J connectivity index is 1.39. The molecule has 3 heterocycles. The van der Waals surface area contributed by atoms with Gasteiger partial charge in [-0.3, -0.25) is 9.59 Å². The number of rotatable bonds is 3. The highest BCUT2D eigenvalue weighted by atomic mass is 16.5. The van der Waals surface area contributed by atoms with Crippen molar-refractivity contribution >= 4 is 17.4 Å². The molecule has 3 aliphatic heterocycles.